The number of halogens is 2. The molecular weight excluding hydrogens is 216 g/mol. The highest BCUT2D eigenvalue weighted by atomic mass is 19.3. The van der Waals surface area contributed by atoms with E-state index >= 15 is 0 Å². The molecule has 0 saturated heterocycles. The van der Waals surface area contributed by atoms with Crippen LogP contribution in [0.1, 0.15) is 32.6 Å². The number of hydrogen-bond donors (Lipinski definition) is 1. The van der Waals surface area contributed by atoms with E-state index in [0.717, 1.165) is 26.9 Å². The fourth-order valence-electron chi connectivity index (χ4n) is 2.73. The van der Waals surface area contributed by atoms with E-state index in [2.05, 4.69) is 4.74 Å². The number of alkyl halides is 2. The summed E-state index contributed by atoms with van der Waals surface area (Å²) >= 11 is 0. The van der Waals surface area contributed by atoms with Crippen LogP contribution in [0.3, 0.4) is 0 Å². The summed E-state index contributed by atoms with van der Waals surface area (Å²) in [5.41, 5.74) is 3.62. The molecule has 1 aliphatic carbocycles. The highest BCUT2D eigenvalue weighted by molar-refractivity contribution is 5.79. The minimum Gasteiger partial charge on any atom is -0.468 e. The van der Waals surface area contributed by atoms with Gasteiger partial charge in [0, 0.05) is 13.5 Å². The molecule has 1 atom stereocenters. The first-order chi connectivity index (χ1) is 7.40. The zero-order valence-electron chi connectivity index (χ0n) is 9.76. The maximum atomic E-state index is 13.8. The SMILES string of the molecule is COC(=O)C(CN)(C1CCCC1)C(C)(F)F. The Morgan fingerprint density at radius 1 is 1.44 bits per heavy atom. The molecule has 5 heteroatoms. The van der Waals surface area contributed by atoms with E-state index in [4.69, 9.17) is 5.73 Å². The molecule has 16 heavy (non-hydrogen) atoms. The summed E-state index contributed by atoms with van der Waals surface area (Å²) < 4.78 is 32.0. The van der Waals surface area contributed by atoms with Crippen LogP contribution in [0, 0.1) is 11.3 Å². The van der Waals surface area contributed by atoms with Crippen molar-refractivity contribution in [3.05, 3.63) is 0 Å². The molecule has 0 spiro atoms. The van der Waals surface area contributed by atoms with Crippen molar-refractivity contribution < 1.29 is 18.3 Å². The van der Waals surface area contributed by atoms with Crippen LogP contribution in [0.2, 0.25) is 0 Å². The number of methoxy groups -OCH3 is 1. The summed E-state index contributed by atoms with van der Waals surface area (Å²) in [7, 11) is 1.13. The lowest BCUT2D eigenvalue weighted by Crippen LogP contribution is -2.56. The van der Waals surface area contributed by atoms with Crippen LogP contribution in [0.25, 0.3) is 0 Å². The molecule has 0 aromatic carbocycles. The van der Waals surface area contributed by atoms with E-state index in [9.17, 15) is 13.6 Å². The Balaban J connectivity index is 3.11. The minimum atomic E-state index is -3.15. The fraction of sp³-hybridized carbons (Fsp3) is 0.909. The lowest BCUT2D eigenvalue weighted by Gasteiger charge is -2.39. The third-order valence-electron chi connectivity index (χ3n) is 3.71. The first kappa shape index (κ1) is 13.4. The average Bonchev–Trinajstić information content (AvgIpc) is 2.70. The van der Waals surface area contributed by atoms with Gasteiger partial charge in [-0.15, -0.1) is 0 Å². The predicted molar refractivity (Wildman–Crippen MR) is 56.1 cm³/mol. The first-order valence-electron chi connectivity index (χ1n) is 5.56. The van der Waals surface area contributed by atoms with Crippen molar-refractivity contribution >= 4 is 5.97 Å². The van der Waals surface area contributed by atoms with Gasteiger partial charge in [0.1, 0.15) is 5.41 Å². The molecule has 1 fully saturated rings. The molecular formula is C11H19F2NO2. The van der Waals surface area contributed by atoms with Gasteiger partial charge >= 0.3 is 5.97 Å². The van der Waals surface area contributed by atoms with E-state index in [1.54, 1.807) is 0 Å². The Labute approximate surface area is 94.3 Å². The van der Waals surface area contributed by atoms with Crippen molar-refractivity contribution in [1.82, 2.24) is 0 Å². The maximum absolute atomic E-state index is 13.8. The molecule has 1 aliphatic rings. The van der Waals surface area contributed by atoms with E-state index < -0.39 is 17.3 Å². The van der Waals surface area contributed by atoms with Gasteiger partial charge in [0.15, 0.2) is 0 Å². The molecule has 94 valence electrons. The largest absolute Gasteiger partial charge is 0.468 e. The molecule has 1 saturated carbocycles. The van der Waals surface area contributed by atoms with Crippen molar-refractivity contribution in [2.24, 2.45) is 17.1 Å². The van der Waals surface area contributed by atoms with Gasteiger partial charge in [-0.2, -0.15) is 0 Å². The molecule has 3 nitrogen and oxygen atoms in total. The van der Waals surface area contributed by atoms with Crippen molar-refractivity contribution in [2.45, 2.75) is 38.5 Å². The zero-order valence-corrected chi connectivity index (χ0v) is 9.76. The Bertz CT molecular complexity index is 259. The first-order valence-corrected chi connectivity index (χ1v) is 5.56. The predicted octanol–water partition coefficient (Wildman–Crippen LogP) is 1.95. The highest BCUT2D eigenvalue weighted by Crippen LogP contribution is 2.49. The molecule has 0 aliphatic heterocycles. The number of carbonyl (C=O) groups is 1. The highest BCUT2D eigenvalue weighted by Gasteiger charge is 2.60. The number of esters is 1. The van der Waals surface area contributed by atoms with Crippen LogP contribution in [-0.4, -0.2) is 25.5 Å². The molecule has 0 heterocycles. The van der Waals surface area contributed by atoms with Crippen LogP contribution < -0.4 is 5.73 Å². The van der Waals surface area contributed by atoms with Gasteiger partial charge in [0.2, 0.25) is 0 Å². The smallest absolute Gasteiger partial charge is 0.319 e. The molecule has 1 rings (SSSR count). The number of nitrogens with two attached hydrogens (primary N) is 1. The Hall–Kier alpha value is -0.710. The van der Waals surface area contributed by atoms with Crippen LogP contribution in [0.4, 0.5) is 8.78 Å². The number of rotatable bonds is 4. The summed E-state index contributed by atoms with van der Waals surface area (Å²) in [6.07, 6.45) is 2.99. The number of ether oxygens (including phenoxy) is 1. The van der Waals surface area contributed by atoms with Gasteiger partial charge in [-0.25, -0.2) is 8.78 Å². The molecule has 2 N–H and O–H groups in total. The molecule has 0 aromatic heterocycles. The molecule has 0 aromatic rings. The molecule has 1 unspecified atom stereocenters. The lowest BCUT2D eigenvalue weighted by molar-refractivity contribution is -0.187. The molecule has 0 amide bonds. The van der Waals surface area contributed by atoms with Crippen molar-refractivity contribution in [3.8, 4) is 0 Å². The van der Waals surface area contributed by atoms with Gasteiger partial charge in [-0.05, 0) is 18.8 Å². The number of hydrogen-bond acceptors (Lipinski definition) is 3. The average molecular weight is 235 g/mol. The van der Waals surface area contributed by atoms with E-state index in [0.29, 0.717) is 12.8 Å². The van der Waals surface area contributed by atoms with Crippen molar-refractivity contribution in [1.29, 1.82) is 0 Å². The normalized spacial score (nSPS) is 21.8. The van der Waals surface area contributed by atoms with Crippen LogP contribution in [0.15, 0.2) is 0 Å². The summed E-state index contributed by atoms with van der Waals surface area (Å²) in [4.78, 5) is 11.7. The summed E-state index contributed by atoms with van der Waals surface area (Å²) in [5.74, 6) is -4.40. The van der Waals surface area contributed by atoms with Crippen molar-refractivity contribution in [2.75, 3.05) is 13.7 Å². The van der Waals surface area contributed by atoms with Gasteiger partial charge in [0.25, 0.3) is 5.92 Å². The zero-order chi connectivity index (χ0) is 12.4. The minimum absolute atomic E-state index is 0.367. The third kappa shape index (κ3) is 1.93. The Morgan fingerprint density at radius 2 is 1.94 bits per heavy atom. The van der Waals surface area contributed by atoms with Crippen LogP contribution >= 0.6 is 0 Å². The second kappa shape index (κ2) is 4.65. The summed E-state index contributed by atoms with van der Waals surface area (Å²) in [5, 5.41) is 0. The standard InChI is InChI=1S/C11H19F2NO2/c1-10(12,13)11(7-14,9(15)16-2)8-5-3-4-6-8/h8H,3-7,14H2,1-2H3. The van der Waals surface area contributed by atoms with E-state index in [1.165, 1.54) is 0 Å². The van der Waals surface area contributed by atoms with E-state index in [-0.39, 0.29) is 12.5 Å². The van der Waals surface area contributed by atoms with E-state index in [1.807, 2.05) is 0 Å². The lowest BCUT2D eigenvalue weighted by atomic mass is 9.70. The van der Waals surface area contributed by atoms with Gasteiger partial charge in [0.05, 0.1) is 7.11 Å². The molecule has 0 radical (unpaired) electrons. The van der Waals surface area contributed by atoms with Gasteiger partial charge in [-0.3, -0.25) is 4.79 Å². The Kier molecular flexibility index (Phi) is 3.88. The van der Waals surface area contributed by atoms with Gasteiger partial charge in [-0.1, -0.05) is 12.8 Å². The quantitative estimate of drug-likeness (QED) is 0.758. The van der Waals surface area contributed by atoms with Crippen molar-refractivity contribution in [3.63, 3.8) is 0 Å². The topological polar surface area (TPSA) is 52.3 Å². The summed E-state index contributed by atoms with van der Waals surface area (Å²) in [6, 6.07) is 0. The fourth-order valence-corrected chi connectivity index (χ4v) is 2.73. The Morgan fingerprint density at radius 3 is 2.25 bits per heavy atom. The maximum Gasteiger partial charge on any atom is 0.319 e. The molecule has 0 bridgehead atoms. The number of carbonyl (C=O) groups excluding carboxylic acids is 1. The monoisotopic (exact) mass is 235 g/mol. The summed E-state index contributed by atoms with van der Waals surface area (Å²) in [6.45, 7) is 0.392. The van der Waals surface area contributed by atoms with Gasteiger partial charge < -0.3 is 10.5 Å². The van der Waals surface area contributed by atoms with Crippen LogP contribution in [0.5, 0.6) is 0 Å². The third-order valence-corrected chi connectivity index (χ3v) is 3.71. The van der Waals surface area contributed by atoms with Crippen LogP contribution in [-0.2, 0) is 9.53 Å². The second-order valence-corrected chi connectivity index (χ2v) is 4.54. The second-order valence-electron chi connectivity index (χ2n) is 4.54.